The predicted molar refractivity (Wildman–Crippen MR) is 39.7 cm³/mol. The van der Waals surface area contributed by atoms with Crippen molar-refractivity contribution in [1.29, 1.82) is 0 Å². The van der Waals surface area contributed by atoms with E-state index in [1.165, 1.54) is 7.05 Å². The Balaban J connectivity index is 4.00. The van der Waals surface area contributed by atoms with Crippen LogP contribution in [0, 0.1) is 0 Å². The molecule has 0 aromatic rings. The molecule has 1 amide bonds. The minimum absolute atomic E-state index is 0.499. The number of oxime groups is 1. The van der Waals surface area contributed by atoms with Gasteiger partial charge in [-0.1, -0.05) is 16.8 Å². The molecule has 0 saturated heterocycles. The van der Waals surface area contributed by atoms with Gasteiger partial charge in [0.25, 0.3) is 5.91 Å². The number of carbonyl (C=O) groups is 2. The van der Waals surface area contributed by atoms with Crippen LogP contribution in [-0.2, 0) is 9.63 Å². The van der Waals surface area contributed by atoms with Gasteiger partial charge in [-0.2, -0.15) is 0 Å². The number of hydrogen-bond donors (Lipinski definition) is 1. The number of rotatable bonds is 2. The number of hydrogen-bond acceptors (Lipinski definition) is 4. The summed E-state index contributed by atoms with van der Waals surface area (Å²) < 4.78 is 0. The van der Waals surface area contributed by atoms with Crippen molar-refractivity contribution in [1.82, 2.24) is 5.32 Å². The zero-order valence-corrected chi connectivity index (χ0v) is 6.94. The van der Waals surface area contributed by atoms with Crippen molar-refractivity contribution in [2.24, 2.45) is 5.16 Å². The second-order valence-corrected chi connectivity index (χ2v) is 1.96. The SMILES string of the molecule is CNC(=O)C(Cl)=NOC(=O)Cl. The molecular formula is C4H4Cl2N2O3. The van der Waals surface area contributed by atoms with E-state index in [-0.39, 0.29) is 0 Å². The lowest BCUT2D eigenvalue weighted by molar-refractivity contribution is -0.114. The number of halogens is 2. The Morgan fingerprint density at radius 3 is 2.36 bits per heavy atom. The van der Waals surface area contributed by atoms with Gasteiger partial charge in [0.1, 0.15) is 0 Å². The maximum Gasteiger partial charge on any atom is 0.429 e. The van der Waals surface area contributed by atoms with E-state index in [0.717, 1.165) is 0 Å². The molecule has 5 nitrogen and oxygen atoms in total. The number of amides is 1. The van der Waals surface area contributed by atoms with Crippen LogP contribution in [0.1, 0.15) is 0 Å². The monoisotopic (exact) mass is 198 g/mol. The van der Waals surface area contributed by atoms with Gasteiger partial charge >= 0.3 is 5.43 Å². The highest BCUT2D eigenvalue weighted by molar-refractivity contribution is 6.82. The molecule has 0 atom stereocenters. The second kappa shape index (κ2) is 4.92. The molecule has 0 aromatic heterocycles. The van der Waals surface area contributed by atoms with Gasteiger partial charge in [0.2, 0.25) is 5.17 Å². The van der Waals surface area contributed by atoms with Crippen LogP contribution in [0.2, 0.25) is 0 Å². The third kappa shape index (κ3) is 4.58. The van der Waals surface area contributed by atoms with Crippen LogP contribution in [-0.4, -0.2) is 23.6 Å². The number of nitrogens with zero attached hydrogens (tertiary/aromatic N) is 1. The Kier molecular flexibility index (Phi) is 4.56. The van der Waals surface area contributed by atoms with E-state index < -0.39 is 16.5 Å². The molecule has 0 saturated carbocycles. The van der Waals surface area contributed by atoms with Crippen LogP contribution in [0.3, 0.4) is 0 Å². The van der Waals surface area contributed by atoms with E-state index in [1.807, 2.05) is 0 Å². The summed E-state index contributed by atoms with van der Waals surface area (Å²) >= 11 is 9.89. The fraction of sp³-hybridized carbons (Fsp3) is 0.250. The molecule has 0 unspecified atom stereocenters. The van der Waals surface area contributed by atoms with Crippen molar-refractivity contribution in [3.05, 3.63) is 0 Å². The lowest BCUT2D eigenvalue weighted by Crippen LogP contribution is -2.24. The van der Waals surface area contributed by atoms with E-state index in [2.05, 4.69) is 15.3 Å². The van der Waals surface area contributed by atoms with E-state index in [1.54, 1.807) is 0 Å². The number of nitrogens with one attached hydrogen (secondary N) is 1. The first kappa shape index (κ1) is 10.2. The van der Waals surface area contributed by atoms with Crippen molar-refractivity contribution in [3.8, 4) is 0 Å². The topological polar surface area (TPSA) is 67.8 Å². The van der Waals surface area contributed by atoms with Crippen LogP contribution in [0.25, 0.3) is 0 Å². The molecule has 0 bridgehead atoms. The molecule has 62 valence electrons. The Labute approximate surface area is 72.3 Å². The van der Waals surface area contributed by atoms with E-state index >= 15 is 0 Å². The first-order valence-corrected chi connectivity index (χ1v) is 3.15. The minimum atomic E-state index is -1.16. The van der Waals surface area contributed by atoms with Crippen molar-refractivity contribution >= 4 is 39.7 Å². The summed E-state index contributed by atoms with van der Waals surface area (Å²) in [6.07, 6.45) is 0. The predicted octanol–water partition coefficient (Wildman–Crippen LogP) is 0.660. The van der Waals surface area contributed by atoms with Gasteiger partial charge in [0.15, 0.2) is 0 Å². The highest BCUT2D eigenvalue weighted by Crippen LogP contribution is 1.92. The maximum absolute atomic E-state index is 10.5. The smallest absolute Gasteiger partial charge is 0.353 e. The van der Waals surface area contributed by atoms with Crippen molar-refractivity contribution in [3.63, 3.8) is 0 Å². The molecule has 0 heterocycles. The average molecular weight is 199 g/mol. The molecule has 0 aliphatic heterocycles. The van der Waals surface area contributed by atoms with Gasteiger partial charge in [-0.15, -0.1) is 0 Å². The molecule has 0 aliphatic rings. The summed E-state index contributed by atoms with van der Waals surface area (Å²) in [6.45, 7) is 0. The Hall–Kier alpha value is -0.810. The Morgan fingerprint density at radius 1 is 1.45 bits per heavy atom. The van der Waals surface area contributed by atoms with Crippen LogP contribution in [0.15, 0.2) is 5.16 Å². The van der Waals surface area contributed by atoms with Crippen molar-refractivity contribution in [2.45, 2.75) is 0 Å². The largest absolute Gasteiger partial charge is 0.429 e. The minimum Gasteiger partial charge on any atom is -0.353 e. The van der Waals surface area contributed by atoms with Gasteiger partial charge in [-0.25, -0.2) is 4.79 Å². The van der Waals surface area contributed by atoms with E-state index in [9.17, 15) is 9.59 Å². The summed E-state index contributed by atoms with van der Waals surface area (Å²) in [5.74, 6) is -0.662. The van der Waals surface area contributed by atoms with Gasteiger partial charge in [0.05, 0.1) is 0 Å². The molecule has 1 N–H and O–H groups in total. The van der Waals surface area contributed by atoms with Gasteiger partial charge in [-0.05, 0) is 0 Å². The fourth-order valence-corrected chi connectivity index (χ4v) is 0.384. The summed E-state index contributed by atoms with van der Waals surface area (Å²) in [5.41, 5.74) is -1.16. The molecule has 11 heavy (non-hydrogen) atoms. The summed E-state index contributed by atoms with van der Waals surface area (Å²) in [7, 11) is 1.35. The Morgan fingerprint density at radius 2 is 2.00 bits per heavy atom. The first-order valence-electron chi connectivity index (χ1n) is 2.40. The summed E-state index contributed by atoms with van der Waals surface area (Å²) in [5, 5.41) is 4.54. The zero-order chi connectivity index (χ0) is 8.85. The molecular weight excluding hydrogens is 195 g/mol. The van der Waals surface area contributed by atoms with Crippen molar-refractivity contribution in [2.75, 3.05) is 7.05 Å². The van der Waals surface area contributed by atoms with Crippen LogP contribution >= 0.6 is 23.2 Å². The molecule has 0 spiro atoms. The first-order chi connectivity index (χ1) is 5.07. The quantitative estimate of drug-likeness (QED) is 0.307. The third-order valence-corrected chi connectivity index (χ3v) is 0.922. The molecule has 7 heteroatoms. The third-order valence-electron chi connectivity index (χ3n) is 0.612. The Bertz CT molecular complexity index is 204. The van der Waals surface area contributed by atoms with Gasteiger partial charge in [-0.3, -0.25) is 4.79 Å². The molecule has 0 aromatic carbocycles. The lowest BCUT2D eigenvalue weighted by Gasteiger charge is -1.93. The van der Waals surface area contributed by atoms with E-state index in [4.69, 9.17) is 23.2 Å². The summed E-state index contributed by atoms with van der Waals surface area (Å²) in [6, 6.07) is 0. The normalized spacial score (nSPS) is 10.6. The highest BCUT2D eigenvalue weighted by atomic mass is 35.5. The van der Waals surface area contributed by atoms with Crippen LogP contribution in [0.5, 0.6) is 0 Å². The van der Waals surface area contributed by atoms with Crippen molar-refractivity contribution < 1.29 is 14.4 Å². The standard InChI is InChI=1S/C4H4Cl2N2O3/c1-7-3(9)2(5)8-11-4(6)10/h1H3,(H,7,9). The second-order valence-electron chi connectivity index (χ2n) is 1.29. The molecule has 0 fully saturated rings. The van der Waals surface area contributed by atoms with E-state index in [0.29, 0.717) is 0 Å². The van der Waals surface area contributed by atoms with Crippen LogP contribution in [0.4, 0.5) is 4.79 Å². The zero-order valence-electron chi connectivity index (χ0n) is 5.43. The van der Waals surface area contributed by atoms with Gasteiger partial charge < -0.3 is 10.2 Å². The number of carbonyl (C=O) groups excluding carboxylic acids is 2. The maximum atomic E-state index is 10.5. The lowest BCUT2D eigenvalue weighted by atomic mass is 10.7. The van der Waals surface area contributed by atoms with Crippen LogP contribution < -0.4 is 5.32 Å². The molecule has 0 aliphatic carbocycles. The van der Waals surface area contributed by atoms with Gasteiger partial charge in [0, 0.05) is 18.6 Å². The fourth-order valence-electron chi connectivity index (χ4n) is 0.221. The summed E-state index contributed by atoms with van der Waals surface area (Å²) in [4.78, 5) is 24.3. The molecule has 0 radical (unpaired) electrons. The highest BCUT2D eigenvalue weighted by Gasteiger charge is 2.06. The molecule has 0 rings (SSSR count). The average Bonchev–Trinajstić information content (AvgIpc) is 1.98.